The Morgan fingerprint density at radius 1 is 1.04 bits per heavy atom. The lowest BCUT2D eigenvalue weighted by Crippen LogP contribution is -2.10. The van der Waals surface area contributed by atoms with Gasteiger partial charge in [-0.3, -0.25) is 9.59 Å². The van der Waals surface area contributed by atoms with Gasteiger partial charge in [0.25, 0.3) is 0 Å². The molecule has 0 amide bonds. The van der Waals surface area contributed by atoms with Crippen LogP contribution in [0.2, 0.25) is 0 Å². The fourth-order valence-electron chi connectivity index (χ4n) is 2.37. The number of carbonyl (C=O) groups is 2. The van der Waals surface area contributed by atoms with E-state index in [1.165, 1.54) is 6.92 Å². The summed E-state index contributed by atoms with van der Waals surface area (Å²) >= 11 is 0.824. The lowest BCUT2D eigenvalue weighted by molar-refractivity contribution is -0.136. The van der Waals surface area contributed by atoms with Gasteiger partial charge in [0.2, 0.25) is 0 Å². The van der Waals surface area contributed by atoms with E-state index in [4.69, 9.17) is 0 Å². The number of anilines is 1. The summed E-state index contributed by atoms with van der Waals surface area (Å²) < 4.78 is 0. The fourth-order valence-corrected chi connectivity index (χ4v) is 3.10. The molecule has 0 saturated heterocycles. The van der Waals surface area contributed by atoms with Gasteiger partial charge in [-0.15, -0.1) is 0 Å². The van der Waals surface area contributed by atoms with Gasteiger partial charge in [-0.25, -0.2) is 0 Å². The number of hydrogen-bond acceptors (Lipinski definition) is 4. The van der Waals surface area contributed by atoms with Crippen LogP contribution >= 0.6 is 11.8 Å². The molecular formula is C18H19NO3S. The third-order valence-corrected chi connectivity index (χ3v) is 4.46. The zero-order chi connectivity index (χ0) is 17.0. The molecule has 0 aromatic heterocycles. The van der Waals surface area contributed by atoms with Crippen molar-refractivity contribution < 1.29 is 14.7 Å². The molecule has 1 N–H and O–H groups in total. The van der Waals surface area contributed by atoms with Crippen molar-refractivity contribution in [2.75, 3.05) is 19.0 Å². The van der Waals surface area contributed by atoms with E-state index < -0.39 is 11.2 Å². The minimum absolute atomic E-state index is 0.209. The molecule has 0 aliphatic rings. The van der Waals surface area contributed by atoms with Crippen molar-refractivity contribution in [2.45, 2.75) is 12.2 Å². The standard InChI is InChI=1S/C18H19NO3S/c1-12(20)23-17(18(21)22)14-10-8-13(9-11-14)15-6-4-5-7-16(15)19(2)3/h4-11,17H,1-3H3,(H,21,22). The molecule has 0 heterocycles. The molecule has 0 aliphatic carbocycles. The van der Waals surface area contributed by atoms with E-state index in [9.17, 15) is 14.7 Å². The highest BCUT2D eigenvalue weighted by atomic mass is 32.2. The van der Waals surface area contributed by atoms with Crippen LogP contribution in [-0.4, -0.2) is 30.3 Å². The lowest BCUT2D eigenvalue weighted by Gasteiger charge is -2.18. The summed E-state index contributed by atoms with van der Waals surface area (Å²) in [6, 6.07) is 15.4. The molecule has 2 aromatic rings. The summed E-state index contributed by atoms with van der Waals surface area (Å²) in [6.45, 7) is 1.38. The lowest BCUT2D eigenvalue weighted by atomic mass is 10.0. The summed E-state index contributed by atoms with van der Waals surface area (Å²) in [7, 11) is 3.97. The largest absolute Gasteiger partial charge is 0.480 e. The molecule has 2 rings (SSSR count). The average Bonchev–Trinajstić information content (AvgIpc) is 2.52. The van der Waals surface area contributed by atoms with Gasteiger partial charge in [0.1, 0.15) is 5.25 Å². The Balaban J connectivity index is 2.36. The summed E-state index contributed by atoms with van der Waals surface area (Å²) in [6.07, 6.45) is 0. The van der Waals surface area contributed by atoms with E-state index in [2.05, 4.69) is 0 Å². The summed E-state index contributed by atoms with van der Waals surface area (Å²) in [5.41, 5.74) is 3.79. The number of benzene rings is 2. The number of aliphatic carboxylic acids is 1. The van der Waals surface area contributed by atoms with Gasteiger partial charge < -0.3 is 10.0 Å². The number of carboxylic acids is 1. The third-order valence-electron chi connectivity index (χ3n) is 3.42. The monoisotopic (exact) mass is 329 g/mol. The SMILES string of the molecule is CC(=O)SC(C(=O)O)c1ccc(-c2ccccc2N(C)C)cc1. The second kappa shape index (κ2) is 7.33. The second-order valence-electron chi connectivity index (χ2n) is 5.36. The number of carbonyl (C=O) groups excluding carboxylic acids is 1. The molecular weight excluding hydrogens is 310 g/mol. The van der Waals surface area contributed by atoms with Crippen molar-refractivity contribution in [2.24, 2.45) is 0 Å². The van der Waals surface area contributed by atoms with Crippen LogP contribution in [0.4, 0.5) is 5.69 Å². The van der Waals surface area contributed by atoms with Crippen LogP contribution in [-0.2, 0) is 9.59 Å². The molecule has 0 fully saturated rings. The van der Waals surface area contributed by atoms with Crippen LogP contribution in [0, 0.1) is 0 Å². The molecule has 120 valence electrons. The van der Waals surface area contributed by atoms with Gasteiger partial charge in [0, 0.05) is 32.3 Å². The van der Waals surface area contributed by atoms with Gasteiger partial charge >= 0.3 is 5.97 Å². The van der Waals surface area contributed by atoms with Gasteiger partial charge in [-0.2, -0.15) is 0 Å². The van der Waals surface area contributed by atoms with Crippen LogP contribution < -0.4 is 4.90 Å². The zero-order valence-corrected chi connectivity index (χ0v) is 14.1. The maximum atomic E-state index is 11.4. The highest BCUT2D eigenvalue weighted by molar-refractivity contribution is 8.14. The van der Waals surface area contributed by atoms with E-state index in [0.717, 1.165) is 28.6 Å². The second-order valence-corrected chi connectivity index (χ2v) is 6.64. The average molecular weight is 329 g/mol. The van der Waals surface area contributed by atoms with Gasteiger partial charge in [-0.05, 0) is 17.2 Å². The summed E-state index contributed by atoms with van der Waals surface area (Å²) in [5, 5.41) is 8.22. The van der Waals surface area contributed by atoms with Gasteiger partial charge in [0.15, 0.2) is 5.12 Å². The van der Waals surface area contributed by atoms with Gasteiger partial charge in [-0.1, -0.05) is 54.2 Å². The third kappa shape index (κ3) is 4.13. The maximum Gasteiger partial charge on any atom is 0.321 e. The quantitative estimate of drug-likeness (QED) is 0.903. The van der Waals surface area contributed by atoms with Crippen LogP contribution in [0.1, 0.15) is 17.7 Å². The fraction of sp³-hybridized carbons (Fsp3) is 0.222. The summed E-state index contributed by atoms with van der Waals surface area (Å²) in [5.74, 6) is -1.01. The van der Waals surface area contributed by atoms with Crippen molar-refractivity contribution >= 4 is 28.5 Å². The van der Waals surface area contributed by atoms with E-state index in [0.29, 0.717) is 5.56 Å². The molecule has 0 spiro atoms. The molecule has 0 radical (unpaired) electrons. The number of para-hydroxylation sites is 1. The molecule has 1 unspecified atom stereocenters. The van der Waals surface area contributed by atoms with Crippen molar-refractivity contribution in [1.29, 1.82) is 0 Å². The Morgan fingerprint density at radius 3 is 2.17 bits per heavy atom. The van der Waals surface area contributed by atoms with E-state index in [1.54, 1.807) is 12.1 Å². The number of hydrogen-bond donors (Lipinski definition) is 1. The topological polar surface area (TPSA) is 57.6 Å². The van der Waals surface area contributed by atoms with Crippen LogP contribution in [0.3, 0.4) is 0 Å². The summed E-state index contributed by atoms with van der Waals surface area (Å²) in [4.78, 5) is 24.6. The predicted octanol–water partition coefficient (Wildman–Crippen LogP) is 3.83. The molecule has 23 heavy (non-hydrogen) atoms. The molecule has 1 atom stereocenters. The smallest absolute Gasteiger partial charge is 0.321 e. The first kappa shape index (κ1) is 17.1. The van der Waals surface area contributed by atoms with E-state index in [-0.39, 0.29) is 5.12 Å². The zero-order valence-electron chi connectivity index (χ0n) is 13.3. The Bertz CT molecular complexity index is 710. The van der Waals surface area contributed by atoms with Crippen molar-refractivity contribution in [3.63, 3.8) is 0 Å². The minimum atomic E-state index is -1.01. The number of nitrogens with zero attached hydrogens (tertiary/aromatic N) is 1. The van der Waals surface area contributed by atoms with E-state index in [1.807, 2.05) is 55.4 Å². The van der Waals surface area contributed by atoms with Crippen LogP contribution in [0.15, 0.2) is 48.5 Å². The normalized spacial score (nSPS) is 11.8. The van der Waals surface area contributed by atoms with Crippen LogP contribution in [0.25, 0.3) is 11.1 Å². The van der Waals surface area contributed by atoms with Crippen LogP contribution in [0.5, 0.6) is 0 Å². The first-order valence-corrected chi connectivity index (χ1v) is 8.05. The van der Waals surface area contributed by atoms with Crippen molar-refractivity contribution in [3.8, 4) is 11.1 Å². The first-order valence-electron chi connectivity index (χ1n) is 7.17. The number of thioether (sulfide) groups is 1. The first-order chi connectivity index (χ1) is 10.9. The number of carboxylic acid groups (broad SMARTS) is 1. The van der Waals surface area contributed by atoms with Crippen molar-refractivity contribution in [1.82, 2.24) is 0 Å². The van der Waals surface area contributed by atoms with Crippen molar-refractivity contribution in [3.05, 3.63) is 54.1 Å². The maximum absolute atomic E-state index is 11.4. The highest BCUT2D eigenvalue weighted by Gasteiger charge is 2.22. The Morgan fingerprint density at radius 2 is 1.65 bits per heavy atom. The molecule has 5 heteroatoms. The molecule has 2 aromatic carbocycles. The molecule has 0 bridgehead atoms. The highest BCUT2D eigenvalue weighted by Crippen LogP contribution is 2.33. The Labute approximate surface area is 140 Å². The van der Waals surface area contributed by atoms with E-state index >= 15 is 0 Å². The Kier molecular flexibility index (Phi) is 5.45. The molecule has 4 nitrogen and oxygen atoms in total. The van der Waals surface area contributed by atoms with Gasteiger partial charge in [0.05, 0.1) is 0 Å². The minimum Gasteiger partial charge on any atom is -0.480 e. The molecule has 0 saturated carbocycles. The number of rotatable bonds is 5. The molecule has 0 aliphatic heterocycles. The predicted molar refractivity (Wildman–Crippen MR) is 94.9 cm³/mol. The Hall–Kier alpha value is -2.27.